The van der Waals surface area contributed by atoms with E-state index in [0.717, 1.165) is 4.90 Å². The van der Waals surface area contributed by atoms with Gasteiger partial charge < -0.3 is 4.90 Å². The third kappa shape index (κ3) is 4.55. The Kier molecular flexibility index (Phi) is 6.13. The van der Waals surface area contributed by atoms with Crippen LogP contribution in [0.1, 0.15) is 0 Å². The van der Waals surface area contributed by atoms with Gasteiger partial charge in [-0.25, -0.2) is 8.42 Å². The van der Waals surface area contributed by atoms with Gasteiger partial charge in [-0.15, -0.1) is 0 Å². The average Bonchev–Trinajstić information content (AvgIpc) is 2.69. The van der Waals surface area contributed by atoms with E-state index in [-0.39, 0.29) is 5.91 Å². The summed E-state index contributed by atoms with van der Waals surface area (Å²) in [7, 11) is -3.49. The van der Waals surface area contributed by atoms with Gasteiger partial charge >= 0.3 is 0 Å². The van der Waals surface area contributed by atoms with E-state index in [1.165, 1.54) is 16.1 Å². The van der Waals surface area contributed by atoms with E-state index < -0.39 is 10.0 Å². The first-order chi connectivity index (χ1) is 12.6. The summed E-state index contributed by atoms with van der Waals surface area (Å²) in [5, 5.41) is 1.77. The second-order valence-corrected chi connectivity index (χ2v) is 8.69. The normalized spacial score (nSPS) is 16.1. The van der Waals surface area contributed by atoms with Crippen molar-refractivity contribution in [3.05, 3.63) is 72.1 Å². The van der Waals surface area contributed by atoms with Crippen molar-refractivity contribution in [1.82, 2.24) is 9.21 Å². The lowest BCUT2D eigenvalue weighted by Crippen LogP contribution is -2.50. The van der Waals surface area contributed by atoms with Crippen LogP contribution < -0.4 is 0 Å². The largest absolute Gasteiger partial charge is 0.336 e. The maximum Gasteiger partial charge on any atom is 0.247 e. The number of sulfonamides is 1. The maximum absolute atomic E-state index is 12.6. The zero-order valence-electron chi connectivity index (χ0n) is 14.2. The van der Waals surface area contributed by atoms with Gasteiger partial charge in [-0.2, -0.15) is 4.31 Å². The molecule has 1 saturated heterocycles. The van der Waals surface area contributed by atoms with Crippen molar-refractivity contribution in [2.45, 2.75) is 9.79 Å². The molecular weight excluding hydrogens is 368 g/mol. The number of piperazine rings is 1. The number of amides is 1. The number of hydrogen-bond donors (Lipinski definition) is 0. The van der Waals surface area contributed by atoms with Crippen LogP contribution in [0.15, 0.2) is 81.9 Å². The predicted molar refractivity (Wildman–Crippen MR) is 103 cm³/mol. The first-order valence-corrected chi connectivity index (χ1v) is 10.6. The fourth-order valence-electron chi connectivity index (χ4n) is 2.67. The van der Waals surface area contributed by atoms with Crippen LogP contribution in [0.25, 0.3) is 0 Å². The highest BCUT2D eigenvalue weighted by molar-refractivity contribution is 8.02. The predicted octanol–water partition coefficient (Wildman–Crippen LogP) is 2.83. The third-order valence-corrected chi connectivity index (χ3v) is 6.82. The molecule has 0 N–H and O–H groups in total. The Labute approximate surface area is 158 Å². The quantitative estimate of drug-likeness (QED) is 0.584. The summed E-state index contributed by atoms with van der Waals surface area (Å²) in [6.45, 7) is 1.40. The van der Waals surface area contributed by atoms with Crippen molar-refractivity contribution < 1.29 is 13.2 Å². The number of carbonyl (C=O) groups is 1. The molecule has 2 aromatic rings. The van der Waals surface area contributed by atoms with E-state index >= 15 is 0 Å². The lowest BCUT2D eigenvalue weighted by atomic mass is 10.3. The Bertz CT molecular complexity index is 860. The molecule has 26 heavy (non-hydrogen) atoms. The molecule has 1 fully saturated rings. The van der Waals surface area contributed by atoms with Gasteiger partial charge in [-0.3, -0.25) is 4.79 Å². The summed E-state index contributed by atoms with van der Waals surface area (Å²) < 4.78 is 26.6. The van der Waals surface area contributed by atoms with Crippen LogP contribution in [0, 0.1) is 0 Å². The third-order valence-electron chi connectivity index (χ3n) is 4.09. The molecule has 1 aliphatic rings. The van der Waals surface area contributed by atoms with E-state index in [1.807, 2.05) is 30.3 Å². The van der Waals surface area contributed by atoms with Gasteiger partial charge in [0.25, 0.3) is 0 Å². The van der Waals surface area contributed by atoms with E-state index in [4.69, 9.17) is 0 Å². The number of benzene rings is 2. The molecule has 0 spiro atoms. The number of hydrogen-bond acceptors (Lipinski definition) is 4. The molecule has 136 valence electrons. The second kappa shape index (κ2) is 8.53. The molecule has 0 saturated carbocycles. The minimum atomic E-state index is -3.49. The number of nitrogens with zero attached hydrogens (tertiary/aromatic N) is 2. The van der Waals surface area contributed by atoms with Crippen molar-refractivity contribution in [3.63, 3.8) is 0 Å². The van der Waals surface area contributed by atoms with Gasteiger partial charge in [-0.05, 0) is 29.7 Å². The van der Waals surface area contributed by atoms with Crippen molar-refractivity contribution in [2.75, 3.05) is 26.2 Å². The van der Waals surface area contributed by atoms with Crippen molar-refractivity contribution in [1.29, 1.82) is 0 Å². The maximum atomic E-state index is 12.6. The molecule has 1 aliphatic heterocycles. The van der Waals surface area contributed by atoms with Gasteiger partial charge in [0, 0.05) is 37.2 Å². The van der Waals surface area contributed by atoms with Gasteiger partial charge in [0.1, 0.15) is 0 Å². The standard InChI is InChI=1S/C19H20N2O3S2/c22-19(11-16-25-17-7-3-1-4-8-17)20-12-14-21(15-13-20)26(23,24)18-9-5-2-6-10-18/h1-11,16H,12-15H2. The lowest BCUT2D eigenvalue weighted by Gasteiger charge is -2.33. The molecule has 1 heterocycles. The van der Waals surface area contributed by atoms with Crippen molar-refractivity contribution in [3.8, 4) is 0 Å². The summed E-state index contributed by atoms with van der Waals surface area (Å²) in [5.41, 5.74) is 0. The zero-order chi connectivity index (χ0) is 18.4. The van der Waals surface area contributed by atoms with E-state index in [0.29, 0.717) is 31.1 Å². The van der Waals surface area contributed by atoms with Crippen molar-refractivity contribution in [2.24, 2.45) is 0 Å². The SMILES string of the molecule is O=C(C=CSc1ccccc1)N1CCN(S(=O)(=O)c2ccccc2)CC1. The molecule has 3 rings (SSSR count). The summed E-state index contributed by atoms with van der Waals surface area (Å²) in [4.78, 5) is 15.3. The van der Waals surface area contributed by atoms with E-state index in [2.05, 4.69) is 0 Å². The van der Waals surface area contributed by atoms with Crippen LogP contribution in [-0.4, -0.2) is 49.7 Å². The highest BCUT2D eigenvalue weighted by Crippen LogP contribution is 2.19. The number of rotatable bonds is 5. The highest BCUT2D eigenvalue weighted by Gasteiger charge is 2.29. The average molecular weight is 389 g/mol. The molecule has 0 atom stereocenters. The Morgan fingerprint density at radius 3 is 2.08 bits per heavy atom. The summed E-state index contributed by atoms with van der Waals surface area (Å²) in [6.07, 6.45) is 1.54. The number of carbonyl (C=O) groups excluding carboxylic acids is 1. The molecule has 0 aromatic heterocycles. The van der Waals surface area contributed by atoms with E-state index in [9.17, 15) is 13.2 Å². The van der Waals surface area contributed by atoms with Gasteiger partial charge in [0.2, 0.25) is 15.9 Å². The van der Waals surface area contributed by atoms with Crippen LogP contribution in [0.5, 0.6) is 0 Å². The monoisotopic (exact) mass is 388 g/mol. The zero-order valence-corrected chi connectivity index (χ0v) is 15.8. The Morgan fingerprint density at radius 2 is 1.46 bits per heavy atom. The molecular formula is C19H20N2O3S2. The lowest BCUT2D eigenvalue weighted by molar-refractivity contribution is -0.127. The summed E-state index contributed by atoms with van der Waals surface area (Å²) in [6, 6.07) is 18.2. The summed E-state index contributed by atoms with van der Waals surface area (Å²) >= 11 is 1.48. The highest BCUT2D eigenvalue weighted by atomic mass is 32.2. The topological polar surface area (TPSA) is 57.7 Å². The van der Waals surface area contributed by atoms with Crippen LogP contribution in [0.3, 0.4) is 0 Å². The molecule has 0 radical (unpaired) electrons. The van der Waals surface area contributed by atoms with Crippen LogP contribution in [-0.2, 0) is 14.8 Å². The molecule has 7 heteroatoms. The van der Waals surface area contributed by atoms with Crippen LogP contribution >= 0.6 is 11.8 Å². The van der Waals surface area contributed by atoms with E-state index in [1.54, 1.807) is 46.7 Å². The van der Waals surface area contributed by atoms with Gasteiger partial charge in [-0.1, -0.05) is 48.2 Å². The summed E-state index contributed by atoms with van der Waals surface area (Å²) in [5.74, 6) is -0.0924. The van der Waals surface area contributed by atoms with Crippen LogP contribution in [0.2, 0.25) is 0 Å². The number of thioether (sulfide) groups is 1. The molecule has 0 unspecified atom stereocenters. The Hall–Kier alpha value is -2.09. The Balaban J connectivity index is 1.54. The van der Waals surface area contributed by atoms with Crippen molar-refractivity contribution >= 4 is 27.7 Å². The first-order valence-electron chi connectivity index (χ1n) is 8.30. The molecule has 2 aromatic carbocycles. The van der Waals surface area contributed by atoms with Gasteiger partial charge in [0.15, 0.2) is 0 Å². The minimum absolute atomic E-state index is 0.0924. The first kappa shape index (κ1) is 18.7. The molecule has 0 aliphatic carbocycles. The fraction of sp³-hybridized carbons (Fsp3) is 0.211. The smallest absolute Gasteiger partial charge is 0.247 e. The molecule has 1 amide bonds. The minimum Gasteiger partial charge on any atom is -0.336 e. The van der Waals surface area contributed by atoms with Gasteiger partial charge in [0.05, 0.1) is 4.90 Å². The fourth-order valence-corrected chi connectivity index (χ4v) is 4.76. The van der Waals surface area contributed by atoms with Crippen LogP contribution in [0.4, 0.5) is 0 Å². The molecule has 0 bridgehead atoms. The Morgan fingerprint density at radius 1 is 0.885 bits per heavy atom. The molecule has 5 nitrogen and oxygen atoms in total. The second-order valence-electron chi connectivity index (χ2n) is 5.78.